The van der Waals surface area contributed by atoms with E-state index in [0.29, 0.717) is 29.4 Å². The predicted molar refractivity (Wildman–Crippen MR) is 145 cm³/mol. The van der Waals surface area contributed by atoms with Crippen molar-refractivity contribution in [1.82, 2.24) is 20.5 Å². The van der Waals surface area contributed by atoms with E-state index < -0.39 is 41.2 Å². The molecule has 4 aromatic rings. The van der Waals surface area contributed by atoms with Gasteiger partial charge in [0.2, 0.25) is 0 Å². The number of amides is 1. The third-order valence-corrected chi connectivity index (χ3v) is 6.92. The molecule has 2 heterocycles. The molecule has 2 aromatic carbocycles. The molecular weight excluding hydrogens is 518 g/mol. The first-order valence-electron chi connectivity index (χ1n) is 13.7. The fraction of sp³-hybridized carbons (Fsp3) is 0.333. The largest absolute Gasteiger partial charge is 0.494 e. The Bertz CT molecular complexity index is 1690. The standard InChI is InChI=1S/C30H30F2N4O4/c1-16-11-18-12-19(13-23(40-4)26(18)36-35-16)28(37)33-15-30(39,20-7-8-20)24-14-22(29(2,3)38)25(32)27(34-24)17-5-9-21(31)10-6-17/h5-6,9-14,20,38-39H,7-8,15H2,1-4H3,(H,33,37)/i15D2. The van der Waals surface area contributed by atoms with Crippen LogP contribution in [0.25, 0.3) is 22.2 Å². The number of halogens is 2. The van der Waals surface area contributed by atoms with E-state index in [1.807, 2.05) is 0 Å². The van der Waals surface area contributed by atoms with E-state index in [1.54, 1.807) is 13.0 Å². The highest BCUT2D eigenvalue weighted by Crippen LogP contribution is 2.46. The van der Waals surface area contributed by atoms with E-state index in [-0.39, 0.29) is 33.8 Å². The summed E-state index contributed by atoms with van der Waals surface area (Å²) >= 11 is 0. The maximum Gasteiger partial charge on any atom is 0.251 e. The first-order chi connectivity index (χ1) is 19.7. The molecule has 1 atom stereocenters. The molecule has 0 radical (unpaired) electrons. The number of carbonyl (C=O) groups is 1. The fourth-order valence-corrected chi connectivity index (χ4v) is 4.59. The molecule has 3 N–H and O–H groups in total. The van der Waals surface area contributed by atoms with Crippen LogP contribution in [0.3, 0.4) is 0 Å². The van der Waals surface area contributed by atoms with Gasteiger partial charge in [0.25, 0.3) is 5.91 Å². The lowest BCUT2D eigenvalue weighted by Gasteiger charge is -2.30. The zero-order valence-corrected chi connectivity index (χ0v) is 22.4. The molecule has 208 valence electrons. The molecule has 1 fully saturated rings. The van der Waals surface area contributed by atoms with Gasteiger partial charge in [-0.3, -0.25) is 4.79 Å². The topological polar surface area (TPSA) is 117 Å². The lowest BCUT2D eigenvalue weighted by Crippen LogP contribution is -2.43. The van der Waals surface area contributed by atoms with Gasteiger partial charge in [0.1, 0.15) is 28.4 Å². The lowest BCUT2D eigenvalue weighted by molar-refractivity contribution is 0.00864. The summed E-state index contributed by atoms with van der Waals surface area (Å²) in [5.74, 6) is -2.73. The number of benzene rings is 2. The van der Waals surface area contributed by atoms with Crippen LogP contribution >= 0.6 is 0 Å². The Kier molecular flexibility index (Phi) is 6.36. The van der Waals surface area contributed by atoms with E-state index in [4.69, 9.17) is 7.48 Å². The molecule has 2 aromatic heterocycles. The summed E-state index contributed by atoms with van der Waals surface area (Å²) in [6, 6.07) is 10.5. The van der Waals surface area contributed by atoms with Crippen LogP contribution in [0.5, 0.6) is 5.75 Å². The number of fused-ring (bicyclic) bond motifs is 1. The Morgan fingerprint density at radius 3 is 2.45 bits per heavy atom. The highest BCUT2D eigenvalue weighted by atomic mass is 19.1. The zero-order chi connectivity index (χ0) is 30.6. The summed E-state index contributed by atoms with van der Waals surface area (Å²) < 4.78 is 52.6. The number of ether oxygens (including phenoxy) is 1. The van der Waals surface area contributed by atoms with Crippen molar-refractivity contribution in [2.45, 2.75) is 44.8 Å². The van der Waals surface area contributed by atoms with E-state index in [9.17, 15) is 19.4 Å². The second kappa shape index (κ2) is 10.2. The summed E-state index contributed by atoms with van der Waals surface area (Å²) in [6.45, 7) is 1.60. The number of rotatable bonds is 8. The second-order valence-electron chi connectivity index (χ2n) is 10.5. The zero-order valence-electron chi connectivity index (χ0n) is 24.4. The third-order valence-electron chi connectivity index (χ3n) is 6.92. The molecular formula is C30H30F2N4O4. The van der Waals surface area contributed by atoms with Gasteiger partial charge in [-0.1, -0.05) is 0 Å². The normalized spacial score (nSPS) is 16.2. The van der Waals surface area contributed by atoms with Gasteiger partial charge in [-0.05, 0) is 88.1 Å². The lowest BCUT2D eigenvalue weighted by atomic mass is 9.87. The van der Waals surface area contributed by atoms with E-state index in [2.05, 4.69) is 20.5 Å². The maximum absolute atomic E-state index is 15.7. The van der Waals surface area contributed by atoms with Crippen LogP contribution in [0.2, 0.25) is 0 Å². The van der Waals surface area contributed by atoms with Crippen LogP contribution in [0.1, 0.15) is 56.7 Å². The average molecular weight is 551 g/mol. The smallest absolute Gasteiger partial charge is 0.251 e. The number of hydrogen-bond donors (Lipinski definition) is 3. The Hall–Kier alpha value is -4.02. The highest BCUT2D eigenvalue weighted by Gasteiger charge is 2.47. The van der Waals surface area contributed by atoms with E-state index in [0.717, 1.165) is 18.2 Å². The van der Waals surface area contributed by atoms with Crippen molar-refractivity contribution in [1.29, 1.82) is 0 Å². The Morgan fingerprint density at radius 2 is 1.82 bits per heavy atom. The van der Waals surface area contributed by atoms with Gasteiger partial charge in [0.05, 0.1) is 33.3 Å². The summed E-state index contributed by atoms with van der Waals surface area (Å²) in [4.78, 5) is 17.8. The predicted octanol–water partition coefficient (Wildman–Crippen LogP) is 4.54. The molecule has 1 unspecified atom stereocenters. The summed E-state index contributed by atoms with van der Waals surface area (Å²) in [7, 11) is 1.41. The Morgan fingerprint density at radius 1 is 1.12 bits per heavy atom. The molecule has 40 heavy (non-hydrogen) atoms. The molecule has 0 saturated heterocycles. The molecule has 5 rings (SSSR count). The Balaban J connectivity index is 1.61. The number of hydrogen-bond acceptors (Lipinski definition) is 7. The second-order valence-corrected chi connectivity index (χ2v) is 10.5. The summed E-state index contributed by atoms with van der Waals surface area (Å²) in [5.41, 5.74) is -3.79. The van der Waals surface area contributed by atoms with Crippen molar-refractivity contribution in [2.24, 2.45) is 5.92 Å². The summed E-state index contributed by atoms with van der Waals surface area (Å²) in [6.07, 6.45) is 0.826. The Labute approximate surface area is 232 Å². The minimum atomic E-state index is -2.82. The number of nitrogens with one attached hydrogen (secondary N) is 1. The molecule has 1 aliphatic carbocycles. The molecule has 10 heteroatoms. The quantitative estimate of drug-likeness (QED) is 0.295. The molecule has 0 aliphatic heterocycles. The highest BCUT2D eigenvalue weighted by molar-refractivity contribution is 5.99. The SMILES string of the molecule is [2H]C([2H])(NC(=O)c1cc(OC)c2nnc(C)cc2c1)C(O)(c1cc(C(C)(C)O)c(F)c(-c2ccc(F)cc2)n1)C1CC1. The van der Waals surface area contributed by atoms with E-state index in [1.165, 1.54) is 45.2 Å². The van der Waals surface area contributed by atoms with Crippen LogP contribution in [0.4, 0.5) is 8.78 Å². The summed E-state index contributed by atoms with van der Waals surface area (Å²) in [5, 5.41) is 33.9. The van der Waals surface area contributed by atoms with Gasteiger partial charge < -0.3 is 20.3 Å². The third kappa shape index (κ3) is 5.24. The van der Waals surface area contributed by atoms with Crippen molar-refractivity contribution < 1.29 is 31.3 Å². The number of methoxy groups -OCH3 is 1. The first-order valence-corrected chi connectivity index (χ1v) is 12.7. The van der Waals surface area contributed by atoms with Gasteiger partial charge in [-0.15, -0.1) is 5.10 Å². The number of nitrogens with zero attached hydrogens (tertiary/aromatic N) is 3. The molecule has 0 spiro atoms. The van der Waals surface area contributed by atoms with Crippen molar-refractivity contribution in [3.8, 4) is 17.0 Å². The monoisotopic (exact) mass is 550 g/mol. The minimum Gasteiger partial charge on any atom is -0.494 e. The van der Waals surface area contributed by atoms with Gasteiger partial charge in [-0.25, -0.2) is 13.8 Å². The molecule has 1 amide bonds. The molecule has 0 bridgehead atoms. The first kappa shape index (κ1) is 25.0. The molecule has 1 saturated carbocycles. The van der Waals surface area contributed by atoms with Crippen molar-refractivity contribution >= 4 is 16.8 Å². The van der Waals surface area contributed by atoms with E-state index >= 15 is 4.39 Å². The van der Waals surface area contributed by atoms with Gasteiger partial charge in [0.15, 0.2) is 5.82 Å². The van der Waals surface area contributed by atoms with Gasteiger partial charge in [-0.2, -0.15) is 5.10 Å². The van der Waals surface area contributed by atoms with Crippen molar-refractivity contribution in [3.63, 3.8) is 0 Å². The average Bonchev–Trinajstić information content (AvgIpc) is 3.77. The molecule has 1 aliphatic rings. The molecule has 8 nitrogen and oxygen atoms in total. The minimum absolute atomic E-state index is 0.0463. The van der Waals surface area contributed by atoms with Crippen LogP contribution in [0, 0.1) is 24.5 Å². The van der Waals surface area contributed by atoms with Crippen LogP contribution in [-0.2, 0) is 11.2 Å². The van der Waals surface area contributed by atoms with Crippen molar-refractivity contribution in [3.05, 3.63) is 82.7 Å². The van der Waals surface area contributed by atoms with Gasteiger partial charge in [0, 0.05) is 22.1 Å². The van der Waals surface area contributed by atoms with Crippen LogP contribution in [-0.4, -0.2) is 44.9 Å². The van der Waals surface area contributed by atoms with Crippen LogP contribution in [0.15, 0.2) is 48.5 Å². The van der Waals surface area contributed by atoms with Gasteiger partial charge >= 0.3 is 0 Å². The number of aromatic nitrogens is 3. The van der Waals surface area contributed by atoms with Crippen LogP contribution < -0.4 is 10.1 Å². The number of carbonyl (C=O) groups excluding carboxylic acids is 1. The van der Waals surface area contributed by atoms with Crippen molar-refractivity contribution in [2.75, 3.05) is 13.6 Å². The number of aryl methyl sites for hydroxylation is 1. The fourth-order valence-electron chi connectivity index (χ4n) is 4.59. The maximum atomic E-state index is 15.7. The number of pyridine rings is 1. The number of aliphatic hydroxyl groups is 2.